The number of nitrogens with one attached hydrogen (secondary N) is 2. The first-order valence-electron chi connectivity index (χ1n) is 7.16. The lowest BCUT2D eigenvalue weighted by molar-refractivity contribution is 0.354. The number of nitrogens with zero attached hydrogens (tertiary/aromatic N) is 4. The van der Waals surface area contributed by atoms with Crippen molar-refractivity contribution in [1.82, 2.24) is 25.4 Å². The van der Waals surface area contributed by atoms with Crippen molar-refractivity contribution in [3.63, 3.8) is 0 Å². The highest BCUT2D eigenvalue weighted by atomic mass is 127. The Morgan fingerprint density at radius 2 is 1.88 bits per heavy atom. The van der Waals surface area contributed by atoms with Crippen molar-refractivity contribution in [2.45, 2.75) is 13.1 Å². The third-order valence-electron chi connectivity index (χ3n) is 3.35. The quantitative estimate of drug-likeness (QED) is 0.396. The molecule has 2 rings (SSSR count). The summed E-state index contributed by atoms with van der Waals surface area (Å²) < 4.78 is 12.4. The summed E-state index contributed by atoms with van der Waals surface area (Å²) >= 11 is 0. The number of aromatic nitrogens is 3. The SMILES string of the molecule is CN=C(NCc1ccc(OC)c(OC)c1)NCc1nncn1C.I. The molecule has 0 saturated heterocycles. The van der Waals surface area contributed by atoms with Crippen molar-refractivity contribution in [2.75, 3.05) is 21.3 Å². The van der Waals surface area contributed by atoms with E-state index in [4.69, 9.17) is 9.47 Å². The Kier molecular flexibility index (Phi) is 8.30. The number of methoxy groups -OCH3 is 2. The van der Waals surface area contributed by atoms with E-state index in [-0.39, 0.29) is 24.0 Å². The van der Waals surface area contributed by atoms with Gasteiger partial charge in [0.05, 0.1) is 20.8 Å². The first kappa shape index (κ1) is 20.0. The molecule has 0 unspecified atom stereocenters. The van der Waals surface area contributed by atoms with E-state index < -0.39 is 0 Å². The Bertz CT molecular complexity index is 674. The molecule has 24 heavy (non-hydrogen) atoms. The smallest absolute Gasteiger partial charge is 0.191 e. The minimum absolute atomic E-state index is 0. The number of hydrogen-bond acceptors (Lipinski definition) is 5. The second-order valence-electron chi connectivity index (χ2n) is 4.83. The van der Waals surface area contributed by atoms with Gasteiger partial charge in [0.1, 0.15) is 6.33 Å². The maximum atomic E-state index is 5.30. The van der Waals surface area contributed by atoms with E-state index in [0.29, 0.717) is 30.5 Å². The topological polar surface area (TPSA) is 85.6 Å². The molecule has 0 spiro atoms. The van der Waals surface area contributed by atoms with E-state index in [1.165, 1.54) is 0 Å². The van der Waals surface area contributed by atoms with Crippen molar-refractivity contribution in [2.24, 2.45) is 12.0 Å². The van der Waals surface area contributed by atoms with Crippen LogP contribution in [-0.4, -0.2) is 42.0 Å². The molecule has 0 atom stereocenters. The van der Waals surface area contributed by atoms with Gasteiger partial charge in [0.25, 0.3) is 0 Å². The Hall–Kier alpha value is -2.04. The molecular formula is C15H23IN6O2. The molecule has 0 saturated carbocycles. The fourth-order valence-corrected chi connectivity index (χ4v) is 2.03. The zero-order valence-electron chi connectivity index (χ0n) is 14.2. The van der Waals surface area contributed by atoms with Crippen LogP contribution in [0, 0.1) is 0 Å². The van der Waals surface area contributed by atoms with Crippen molar-refractivity contribution < 1.29 is 9.47 Å². The number of guanidine groups is 1. The summed E-state index contributed by atoms with van der Waals surface area (Å²) in [5, 5.41) is 14.3. The average molecular weight is 446 g/mol. The number of rotatable bonds is 6. The molecule has 0 aliphatic carbocycles. The van der Waals surface area contributed by atoms with Crippen molar-refractivity contribution >= 4 is 29.9 Å². The lowest BCUT2D eigenvalue weighted by Gasteiger charge is -2.13. The lowest BCUT2D eigenvalue weighted by Crippen LogP contribution is -2.36. The molecule has 2 N–H and O–H groups in total. The Balaban J connectivity index is 0.00000288. The van der Waals surface area contributed by atoms with E-state index >= 15 is 0 Å². The summed E-state index contributed by atoms with van der Waals surface area (Å²) in [6.45, 7) is 1.15. The first-order chi connectivity index (χ1) is 11.2. The van der Waals surface area contributed by atoms with Gasteiger partial charge >= 0.3 is 0 Å². The van der Waals surface area contributed by atoms with Gasteiger partial charge in [0, 0.05) is 20.6 Å². The first-order valence-corrected chi connectivity index (χ1v) is 7.16. The molecule has 1 aromatic heterocycles. The highest BCUT2D eigenvalue weighted by Gasteiger charge is 2.06. The fourth-order valence-electron chi connectivity index (χ4n) is 2.03. The van der Waals surface area contributed by atoms with Gasteiger partial charge < -0.3 is 24.7 Å². The third-order valence-corrected chi connectivity index (χ3v) is 3.35. The molecule has 0 aliphatic rings. The molecule has 0 bridgehead atoms. The van der Waals surface area contributed by atoms with Crippen LogP contribution in [0.25, 0.3) is 0 Å². The van der Waals surface area contributed by atoms with Crippen molar-refractivity contribution in [3.05, 3.63) is 35.9 Å². The molecule has 0 amide bonds. The van der Waals surface area contributed by atoms with Crippen LogP contribution in [0.4, 0.5) is 0 Å². The maximum Gasteiger partial charge on any atom is 0.191 e. The molecule has 1 heterocycles. The van der Waals surface area contributed by atoms with Gasteiger partial charge in [-0.15, -0.1) is 34.2 Å². The maximum absolute atomic E-state index is 5.30. The van der Waals surface area contributed by atoms with Gasteiger partial charge in [-0.25, -0.2) is 0 Å². The summed E-state index contributed by atoms with van der Waals surface area (Å²) in [6.07, 6.45) is 1.66. The molecule has 1 aromatic carbocycles. The van der Waals surface area contributed by atoms with Gasteiger partial charge in [-0.1, -0.05) is 6.07 Å². The van der Waals surface area contributed by atoms with Crippen LogP contribution >= 0.6 is 24.0 Å². The number of hydrogen-bond donors (Lipinski definition) is 2. The third kappa shape index (κ3) is 5.25. The predicted octanol–water partition coefficient (Wildman–Crippen LogP) is 1.32. The Morgan fingerprint density at radius 3 is 2.46 bits per heavy atom. The number of aryl methyl sites for hydroxylation is 1. The van der Waals surface area contributed by atoms with Gasteiger partial charge in [0.2, 0.25) is 0 Å². The van der Waals surface area contributed by atoms with Crippen LogP contribution in [0.5, 0.6) is 11.5 Å². The van der Waals surface area contributed by atoms with Crippen LogP contribution in [-0.2, 0) is 20.1 Å². The van der Waals surface area contributed by atoms with E-state index in [9.17, 15) is 0 Å². The molecule has 8 nitrogen and oxygen atoms in total. The number of ether oxygens (including phenoxy) is 2. The van der Waals surface area contributed by atoms with Gasteiger partial charge in [-0.05, 0) is 17.7 Å². The molecule has 9 heteroatoms. The van der Waals surface area contributed by atoms with Crippen LogP contribution in [0.1, 0.15) is 11.4 Å². The lowest BCUT2D eigenvalue weighted by atomic mass is 10.2. The zero-order valence-corrected chi connectivity index (χ0v) is 16.6. The van der Waals surface area contributed by atoms with E-state index in [2.05, 4.69) is 25.8 Å². The number of aliphatic imine (C=N–C) groups is 1. The molecule has 132 valence electrons. The summed E-state index contributed by atoms with van der Waals surface area (Å²) in [5.41, 5.74) is 1.06. The molecule has 0 fully saturated rings. The number of benzene rings is 1. The fraction of sp³-hybridized carbons (Fsp3) is 0.400. The molecular weight excluding hydrogens is 423 g/mol. The van der Waals surface area contributed by atoms with Crippen LogP contribution < -0.4 is 20.1 Å². The minimum atomic E-state index is 0. The Labute approximate surface area is 158 Å². The van der Waals surface area contributed by atoms with Crippen molar-refractivity contribution in [3.8, 4) is 11.5 Å². The van der Waals surface area contributed by atoms with Crippen LogP contribution in [0.2, 0.25) is 0 Å². The normalized spacial score (nSPS) is 10.8. The second kappa shape index (κ2) is 9.96. The Morgan fingerprint density at radius 1 is 1.17 bits per heavy atom. The standard InChI is InChI=1S/C15H22N6O2.HI/c1-16-15(18-9-14-20-19-10-21(14)2)17-8-11-5-6-12(22-3)13(7-11)23-4;/h5-7,10H,8-9H2,1-4H3,(H2,16,17,18);1H. The van der Waals surface area contributed by atoms with Crippen LogP contribution in [0.15, 0.2) is 29.5 Å². The highest BCUT2D eigenvalue weighted by Crippen LogP contribution is 2.27. The minimum Gasteiger partial charge on any atom is -0.493 e. The van der Waals surface area contributed by atoms with Gasteiger partial charge in [-0.2, -0.15) is 0 Å². The summed E-state index contributed by atoms with van der Waals surface area (Å²) in [6, 6.07) is 5.79. The van der Waals surface area contributed by atoms with Crippen molar-refractivity contribution in [1.29, 1.82) is 0 Å². The van der Waals surface area contributed by atoms with Gasteiger partial charge in [-0.3, -0.25) is 4.99 Å². The average Bonchev–Trinajstić information content (AvgIpc) is 2.99. The largest absolute Gasteiger partial charge is 0.493 e. The van der Waals surface area contributed by atoms with E-state index in [1.807, 2.05) is 29.8 Å². The molecule has 0 radical (unpaired) electrons. The second-order valence-corrected chi connectivity index (χ2v) is 4.83. The summed E-state index contributed by atoms with van der Waals surface area (Å²) in [7, 11) is 6.86. The summed E-state index contributed by atoms with van der Waals surface area (Å²) in [5.74, 6) is 2.93. The zero-order chi connectivity index (χ0) is 16.7. The summed E-state index contributed by atoms with van der Waals surface area (Å²) in [4.78, 5) is 4.19. The van der Waals surface area contributed by atoms with E-state index in [1.54, 1.807) is 27.6 Å². The number of halogens is 1. The molecule has 2 aromatic rings. The highest BCUT2D eigenvalue weighted by molar-refractivity contribution is 14.0. The van der Waals surface area contributed by atoms with Crippen LogP contribution in [0.3, 0.4) is 0 Å². The molecule has 0 aliphatic heterocycles. The van der Waals surface area contributed by atoms with Gasteiger partial charge in [0.15, 0.2) is 23.3 Å². The monoisotopic (exact) mass is 446 g/mol. The predicted molar refractivity (Wildman–Crippen MR) is 103 cm³/mol. The van der Waals surface area contributed by atoms with E-state index in [0.717, 1.165) is 11.4 Å².